The van der Waals surface area contributed by atoms with Gasteiger partial charge in [-0.05, 0) is 60.5 Å². The van der Waals surface area contributed by atoms with Crippen LogP contribution < -0.4 is 20.7 Å². The smallest absolute Gasteiger partial charge is 0.349 e. The summed E-state index contributed by atoms with van der Waals surface area (Å²) in [5, 5.41) is 13.6. The SMILES string of the molecule is CCOc1cc(C=Nn2c(=O)[nH]c3ccccc3c2=O)ccc1OCc1cccc(C(=O)O)c1. The normalized spacial score (nSPS) is 11.1. The fraction of sp³-hybridized carbons (Fsp3) is 0.120. The van der Waals surface area contributed by atoms with Crippen molar-refractivity contribution in [3.05, 3.63) is 104 Å². The number of aromatic nitrogens is 2. The number of carbonyl (C=O) groups is 1. The zero-order valence-corrected chi connectivity index (χ0v) is 18.2. The molecule has 3 aromatic carbocycles. The van der Waals surface area contributed by atoms with Gasteiger partial charge in [0, 0.05) is 0 Å². The fourth-order valence-corrected chi connectivity index (χ4v) is 3.33. The van der Waals surface area contributed by atoms with Gasteiger partial charge >= 0.3 is 11.7 Å². The zero-order chi connectivity index (χ0) is 24.1. The van der Waals surface area contributed by atoms with Gasteiger partial charge in [0.2, 0.25) is 0 Å². The van der Waals surface area contributed by atoms with E-state index in [1.165, 1.54) is 12.3 Å². The molecule has 2 N–H and O–H groups in total. The van der Waals surface area contributed by atoms with Gasteiger partial charge in [-0.2, -0.15) is 5.10 Å². The van der Waals surface area contributed by atoms with E-state index in [0.717, 1.165) is 4.68 Å². The van der Waals surface area contributed by atoms with Crippen LogP contribution in [0.5, 0.6) is 11.5 Å². The number of carboxylic acid groups (broad SMARTS) is 1. The second kappa shape index (κ2) is 9.86. The van der Waals surface area contributed by atoms with E-state index in [4.69, 9.17) is 14.6 Å². The van der Waals surface area contributed by atoms with Gasteiger partial charge in [0.1, 0.15) is 6.61 Å². The molecule has 9 heteroatoms. The Kier molecular flexibility index (Phi) is 6.54. The zero-order valence-electron chi connectivity index (χ0n) is 18.2. The molecule has 0 aliphatic rings. The molecular formula is C25H21N3O6. The number of ether oxygens (including phenoxy) is 2. The molecule has 0 aliphatic carbocycles. The molecule has 0 fully saturated rings. The van der Waals surface area contributed by atoms with E-state index in [1.807, 2.05) is 6.92 Å². The molecule has 9 nitrogen and oxygen atoms in total. The third kappa shape index (κ3) is 4.88. The first kappa shape index (κ1) is 22.5. The average molecular weight is 459 g/mol. The van der Waals surface area contributed by atoms with Crippen LogP contribution in [0.1, 0.15) is 28.4 Å². The predicted molar refractivity (Wildman–Crippen MR) is 127 cm³/mol. The quantitative estimate of drug-likeness (QED) is 0.390. The topological polar surface area (TPSA) is 123 Å². The molecule has 0 saturated carbocycles. The molecule has 0 spiro atoms. The molecule has 0 amide bonds. The van der Waals surface area contributed by atoms with Crippen molar-refractivity contribution in [2.24, 2.45) is 5.10 Å². The van der Waals surface area contributed by atoms with Gasteiger partial charge in [0.25, 0.3) is 5.56 Å². The van der Waals surface area contributed by atoms with E-state index in [1.54, 1.807) is 60.7 Å². The lowest BCUT2D eigenvalue weighted by Crippen LogP contribution is -2.32. The van der Waals surface area contributed by atoms with Crippen LogP contribution in [0.2, 0.25) is 0 Å². The van der Waals surface area contributed by atoms with Gasteiger partial charge in [-0.15, -0.1) is 4.68 Å². The number of aromatic carboxylic acids is 1. The number of aromatic amines is 1. The minimum atomic E-state index is -1.01. The predicted octanol–water partition coefficient (Wildman–Crippen LogP) is 3.25. The highest BCUT2D eigenvalue weighted by atomic mass is 16.5. The minimum Gasteiger partial charge on any atom is -0.490 e. The van der Waals surface area contributed by atoms with Crippen molar-refractivity contribution < 1.29 is 19.4 Å². The summed E-state index contributed by atoms with van der Waals surface area (Å²) in [6.07, 6.45) is 1.38. The van der Waals surface area contributed by atoms with Crippen LogP contribution in [0.3, 0.4) is 0 Å². The maximum atomic E-state index is 12.6. The molecular weight excluding hydrogens is 438 g/mol. The Morgan fingerprint density at radius 2 is 1.85 bits per heavy atom. The minimum absolute atomic E-state index is 0.149. The molecule has 34 heavy (non-hydrogen) atoms. The van der Waals surface area contributed by atoms with Gasteiger partial charge in [-0.3, -0.25) is 4.79 Å². The van der Waals surface area contributed by atoms with E-state index in [2.05, 4.69) is 10.1 Å². The number of H-pyrrole nitrogens is 1. The maximum Gasteiger partial charge on any atom is 0.349 e. The van der Waals surface area contributed by atoms with Crippen molar-refractivity contribution in [1.82, 2.24) is 9.66 Å². The first-order chi connectivity index (χ1) is 16.5. The molecule has 1 heterocycles. The van der Waals surface area contributed by atoms with Crippen molar-refractivity contribution in [2.75, 3.05) is 6.61 Å². The molecule has 0 atom stereocenters. The standard InChI is InChI=1S/C25H21N3O6/c1-2-33-22-13-16(10-11-21(22)34-15-17-6-5-7-18(12-17)24(30)31)14-26-28-23(29)19-8-3-4-9-20(19)27-25(28)32/h3-14H,2,15H2,1H3,(H,27,32)(H,30,31). The van der Waals surface area contributed by atoms with Crippen molar-refractivity contribution in [3.8, 4) is 11.5 Å². The second-order valence-electron chi connectivity index (χ2n) is 7.27. The van der Waals surface area contributed by atoms with Crippen LogP contribution in [-0.2, 0) is 6.61 Å². The van der Waals surface area contributed by atoms with Crippen LogP contribution in [0.15, 0.2) is 81.4 Å². The summed E-state index contributed by atoms with van der Waals surface area (Å²) in [7, 11) is 0. The lowest BCUT2D eigenvalue weighted by molar-refractivity contribution is 0.0696. The summed E-state index contributed by atoms with van der Waals surface area (Å²) in [5.74, 6) is -0.106. The summed E-state index contributed by atoms with van der Waals surface area (Å²) >= 11 is 0. The first-order valence-electron chi connectivity index (χ1n) is 10.5. The van der Waals surface area contributed by atoms with Gasteiger partial charge in [0.15, 0.2) is 11.5 Å². The lowest BCUT2D eigenvalue weighted by atomic mass is 10.1. The number of para-hydroxylation sites is 1. The number of rotatable bonds is 8. The van der Waals surface area contributed by atoms with Crippen LogP contribution in [-0.4, -0.2) is 33.6 Å². The molecule has 0 saturated heterocycles. The number of hydrogen-bond donors (Lipinski definition) is 2. The van der Waals surface area contributed by atoms with Crippen molar-refractivity contribution in [3.63, 3.8) is 0 Å². The summed E-state index contributed by atoms with van der Waals surface area (Å²) in [4.78, 5) is 38.7. The number of nitrogens with zero attached hydrogens (tertiary/aromatic N) is 2. The Morgan fingerprint density at radius 3 is 2.65 bits per heavy atom. The van der Waals surface area contributed by atoms with Gasteiger partial charge in [-0.1, -0.05) is 24.3 Å². The Bertz CT molecular complexity index is 1500. The van der Waals surface area contributed by atoms with Crippen LogP contribution >= 0.6 is 0 Å². The molecule has 4 rings (SSSR count). The molecule has 0 bridgehead atoms. The number of fused-ring (bicyclic) bond motifs is 1. The summed E-state index contributed by atoms with van der Waals surface area (Å²) in [6, 6.07) is 18.2. The van der Waals surface area contributed by atoms with E-state index >= 15 is 0 Å². The van der Waals surface area contributed by atoms with Crippen LogP contribution in [0.25, 0.3) is 10.9 Å². The van der Waals surface area contributed by atoms with E-state index < -0.39 is 17.2 Å². The molecule has 0 unspecified atom stereocenters. The highest BCUT2D eigenvalue weighted by molar-refractivity contribution is 5.87. The Labute approximate surface area is 193 Å². The van der Waals surface area contributed by atoms with Crippen molar-refractivity contribution in [2.45, 2.75) is 13.5 Å². The Balaban J connectivity index is 1.58. The third-order valence-corrected chi connectivity index (χ3v) is 4.94. The Hall–Kier alpha value is -4.66. The fourth-order valence-electron chi connectivity index (χ4n) is 3.33. The molecule has 0 aliphatic heterocycles. The number of nitrogens with one attached hydrogen (secondary N) is 1. The van der Waals surface area contributed by atoms with Crippen LogP contribution in [0.4, 0.5) is 0 Å². The highest BCUT2D eigenvalue weighted by Crippen LogP contribution is 2.29. The van der Waals surface area contributed by atoms with Crippen molar-refractivity contribution >= 4 is 23.1 Å². The first-order valence-corrected chi connectivity index (χ1v) is 10.5. The third-order valence-electron chi connectivity index (χ3n) is 4.94. The number of hydrogen-bond acceptors (Lipinski definition) is 6. The average Bonchev–Trinajstić information content (AvgIpc) is 2.83. The van der Waals surface area contributed by atoms with Gasteiger partial charge in [-0.25, -0.2) is 9.59 Å². The monoisotopic (exact) mass is 459 g/mol. The van der Waals surface area contributed by atoms with Gasteiger partial charge < -0.3 is 19.6 Å². The molecule has 172 valence electrons. The molecule has 1 aromatic heterocycles. The highest BCUT2D eigenvalue weighted by Gasteiger charge is 2.09. The van der Waals surface area contributed by atoms with E-state index in [0.29, 0.717) is 40.1 Å². The Morgan fingerprint density at radius 1 is 1.03 bits per heavy atom. The summed E-state index contributed by atoms with van der Waals surface area (Å²) < 4.78 is 12.3. The number of carboxylic acids is 1. The van der Waals surface area contributed by atoms with Crippen LogP contribution in [0, 0.1) is 0 Å². The van der Waals surface area contributed by atoms with Crippen molar-refractivity contribution in [1.29, 1.82) is 0 Å². The largest absolute Gasteiger partial charge is 0.490 e. The number of benzene rings is 3. The summed E-state index contributed by atoms with van der Waals surface area (Å²) in [6.45, 7) is 2.36. The lowest BCUT2D eigenvalue weighted by Gasteiger charge is -2.13. The molecule has 4 aromatic rings. The maximum absolute atomic E-state index is 12.6. The molecule has 0 radical (unpaired) electrons. The van der Waals surface area contributed by atoms with Gasteiger partial charge in [0.05, 0.1) is 29.3 Å². The van der Waals surface area contributed by atoms with E-state index in [9.17, 15) is 14.4 Å². The second-order valence-corrected chi connectivity index (χ2v) is 7.27. The van der Waals surface area contributed by atoms with E-state index in [-0.39, 0.29) is 12.2 Å². The summed E-state index contributed by atoms with van der Waals surface area (Å²) in [5.41, 5.74) is 0.735.